The smallest absolute Gasteiger partial charge is 0.262 e. The quantitative estimate of drug-likeness (QED) is 0.574. The Morgan fingerprint density at radius 1 is 1.11 bits per heavy atom. The van der Waals surface area contributed by atoms with Crippen LogP contribution < -0.4 is 0 Å². The maximum absolute atomic E-state index is 12.1. The molecule has 0 heterocycles. The molecule has 2 atom stereocenters. The van der Waals surface area contributed by atoms with E-state index in [1.807, 2.05) is 0 Å². The molecule has 0 aromatic heterocycles. The molecule has 1 aromatic carbocycles. The van der Waals surface area contributed by atoms with E-state index in [0.29, 0.717) is 0 Å². The highest BCUT2D eigenvalue weighted by Crippen LogP contribution is 2.29. The van der Waals surface area contributed by atoms with Gasteiger partial charge in [0.05, 0.1) is 11.0 Å². The van der Waals surface area contributed by atoms with Gasteiger partial charge in [0.25, 0.3) is 10.1 Å². The third-order valence-corrected chi connectivity index (χ3v) is 5.90. The maximum atomic E-state index is 12.1. The summed E-state index contributed by atoms with van der Waals surface area (Å²) in [5, 5.41) is 0. The van der Waals surface area contributed by atoms with Gasteiger partial charge in [-0.05, 0) is 37.1 Å². The molecular formula is C12H14Br2O3S. The van der Waals surface area contributed by atoms with Gasteiger partial charge < -0.3 is 0 Å². The summed E-state index contributed by atoms with van der Waals surface area (Å²) < 4.78 is 30.4. The molecule has 1 aliphatic rings. The number of benzene rings is 1. The first-order valence-corrected chi connectivity index (χ1v) is 8.94. The summed E-state index contributed by atoms with van der Waals surface area (Å²) in [4.78, 5) is 0.326. The Labute approximate surface area is 124 Å². The summed E-state index contributed by atoms with van der Waals surface area (Å²) in [5.74, 6) is 0. The molecular weight excluding hydrogens is 384 g/mol. The molecule has 0 bridgehead atoms. The molecule has 1 aliphatic carbocycles. The van der Waals surface area contributed by atoms with Crippen molar-refractivity contribution in [2.75, 3.05) is 0 Å². The maximum Gasteiger partial charge on any atom is 0.297 e. The van der Waals surface area contributed by atoms with Crippen molar-refractivity contribution in [2.24, 2.45) is 0 Å². The Morgan fingerprint density at radius 2 is 1.72 bits per heavy atom. The molecule has 6 heteroatoms. The molecule has 0 saturated heterocycles. The van der Waals surface area contributed by atoms with Gasteiger partial charge in [0.2, 0.25) is 0 Å². The Morgan fingerprint density at radius 3 is 2.33 bits per heavy atom. The predicted molar refractivity (Wildman–Crippen MR) is 77.4 cm³/mol. The van der Waals surface area contributed by atoms with E-state index in [1.165, 1.54) is 0 Å². The number of hydrogen-bond acceptors (Lipinski definition) is 3. The van der Waals surface area contributed by atoms with Crippen LogP contribution in [-0.2, 0) is 14.3 Å². The minimum absolute atomic E-state index is 0.122. The lowest BCUT2D eigenvalue weighted by Gasteiger charge is -2.26. The van der Waals surface area contributed by atoms with Crippen molar-refractivity contribution < 1.29 is 12.6 Å². The normalized spacial score (nSPS) is 25.0. The molecule has 3 nitrogen and oxygen atoms in total. The van der Waals surface area contributed by atoms with Crippen molar-refractivity contribution in [1.82, 2.24) is 0 Å². The molecule has 18 heavy (non-hydrogen) atoms. The molecule has 2 unspecified atom stereocenters. The second kappa shape index (κ2) is 6.03. The average Bonchev–Trinajstić information content (AvgIpc) is 2.32. The molecule has 0 radical (unpaired) electrons. The third-order valence-electron chi connectivity index (χ3n) is 2.97. The van der Waals surface area contributed by atoms with E-state index in [0.717, 1.165) is 30.2 Å². The Balaban J connectivity index is 2.13. The van der Waals surface area contributed by atoms with Crippen molar-refractivity contribution in [3.63, 3.8) is 0 Å². The van der Waals surface area contributed by atoms with Crippen LogP contribution in [0.1, 0.15) is 25.7 Å². The van der Waals surface area contributed by atoms with Gasteiger partial charge in [-0.2, -0.15) is 8.42 Å². The lowest BCUT2D eigenvalue weighted by molar-refractivity contribution is 0.171. The fourth-order valence-corrected chi connectivity index (χ4v) is 4.22. The number of hydrogen-bond donors (Lipinski definition) is 0. The summed E-state index contributed by atoms with van der Waals surface area (Å²) in [6, 6.07) is 6.49. The summed E-state index contributed by atoms with van der Waals surface area (Å²) in [5.41, 5.74) is 0. The van der Waals surface area contributed by atoms with Crippen LogP contribution in [0, 0.1) is 0 Å². The Kier molecular flexibility index (Phi) is 4.86. The minimum Gasteiger partial charge on any atom is -0.262 e. The zero-order valence-corrected chi connectivity index (χ0v) is 13.7. The zero-order valence-electron chi connectivity index (χ0n) is 9.68. The summed E-state index contributed by atoms with van der Waals surface area (Å²) >= 11 is 6.77. The first kappa shape index (κ1) is 14.5. The standard InChI is InChI=1S/C12H14Br2O3S/c13-9-5-7-10(8-6-9)18(15,16)17-12-4-2-1-3-11(12)14/h5-8,11-12H,1-4H2. The van der Waals surface area contributed by atoms with Gasteiger partial charge in [0.1, 0.15) is 0 Å². The van der Waals surface area contributed by atoms with Gasteiger partial charge in [0, 0.05) is 9.30 Å². The van der Waals surface area contributed by atoms with Crippen molar-refractivity contribution in [3.8, 4) is 0 Å². The molecule has 0 aliphatic heterocycles. The molecule has 0 spiro atoms. The number of alkyl halides is 1. The molecule has 2 rings (SSSR count). The van der Waals surface area contributed by atoms with Gasteiger partial charge in [-0.15, -0.1) is 0 Å². The van der Waals surface area contributed by atoms with Crippen molar-refractivity contribution in [3.05, 3.63) is 28.7 Å². The highest BCUT2D eigenvalue weighted by Gasteiger charge is 2.29. The second-order valence-electron chi connectivity index (χ2n) is 4.34. The van der Waals surface area contributed by atoms with Crippen LogP contribution in [0.25, 0.3) is 0 Å². The first-order chi connectivity index (χ1) is 8.49. The van der Waals surface area contributed by atoms with Crippen LogP contribution in [-0.4, -0.2) is 19.3 Å². The van der Waals surface area contributed by atoms with E-state index in [1.54, 1.807) is 24.3 Å². The van der Waals surface area contributed by atoms with Gasteiger partial charge >= 0.3 is 0 Å². The highest BCUT2D eigenvalue weighted by atomic mass is 79.9. The van der Waals surface area contributed by atoms with Crippen LogP contribution in [0.3, 0.4) is 0 Å². The largest absolute Gasteiger partial charge is 0.297 e. The SMILES string of the molecule is O=S(=O)(OC1CCCCC1Br)c1ccc(Br)cc1. The predicted octanol–water partition coefficient (Wildman–Crippen LogP) is 3.86. The lowest BCUT2D eigenvalue weighted by atomic mass is 9.98. The first-order valence-electron chi connectivity index (χ1n) is 5.82. The molecule has 100 valence electrons. The van der Waals surface area contributed by atoms with Crippen molar-refractivity contribution >= 4 is 42.0 Å². The van der Waals surface area contributed by atoms with E-state index in [2.05, 4.69) is 31.9 Å². The lowest BCUT2D eigenvalue weighted by Crippen LogP contribution is -2.30. The van der Waals surface area contributed by atoms with Crippen molar-refractivity contribution in [2.45, 2.75) is 41.5 Å². The van der Waals surface area contributed by atoms with Gasteiger partial charge in [-0.1, -0.05) is 44.7 Å². The molecule has 1 fully saturated rings. The zero-order chi connectivity index (χ0) is 13.2. The van der Waals surface area contributed by atoms with Gasteiger partial charge in [-0.25, -0.2) is 0 Å². The fraction of sp³-hybridized carbons (Fsp3) is 0.500. The Bertz CT molecular complexity index is 499. The van der Waals surface area contributed by atoms with Gasteiger partial charge in [0.15, 0.2) is 0 Å². The van der Waals surface area contributed by atoms with E-state index >= 15 is 0 Å². The van der Waals surface area contributed by atoms with E-state index in [4.69, 9.17) is 4.18 Å². The van der Waals surface area contributed by atoms with E-state index in [-0.39, 0.29) is 15.8 Å². The van der Waals surface area contributed by atoms with Crippen LogP contribution in [0.5, 0.6) is 0 Å². The van der Waals surface area contributed by atoms with E-state index in [9.17, 15) is 8.42 Å². The summed E-state index contributed by atoms with van der Waals surface area (Å²) in [7, 11) is -3.66. The summed E-state index contributed by atoms with van der Waals surface area (Å²) in [6.07, 6.45) is 3.62. The number of halogens is 2. The minimum atomic E-state index is -3.66. The average molecular weight is 398 g/mol. The molecule has 0 N–H and O–H groups in total. The van der Waals surface area contributed by atoms with E-state index < -0.39 is 10.1 Å². The second-order valence-corrected chi connectivity index (χ2v) is 8.01. The third kappa shape index (κ3) is 3.56. The van der Waals surface area contributed by atoms with Crippen LogP contribution >= 0.6 is 31.9 Å². The molecule has 1 aromatic rings. The monoisotopic (exact) mass is 396 g/mol. The fourth-order valence-electron chi connectivity index (χ4n) is 1.98. The molecule has 1 saturated carbocycles. The van der Waals surface area contributed by atoms with Crippen LogP contribution in [0.2, 0.25) is 0 Å². The van der Waals surface area contributed by atoms with Crippen LogP contribution in [0.4, 0.5) is 0 Å². The van der Waals surface area contributed by atoms with Crippen molar-refractivity contribution in [1.29, 1.82) is 0 Å². The Hall–Kier alpha value is 0.0900. The highest BCUT2D eigenvalue weighted by molar-refractivity contribution is 9.10. The summed E-state index contributed by atoms with van der Waals surface area (Å²) in [6.45, 7) is 0. The molecule has 0 amide bonds. The number of rotatable bonds is 3. The van der Waals surface area contributed by atoms with Gasteiger partial charge in [-0.3, -0.25) is 4.18 Å². The van der Waals surface area contributed by atoms with Crippen LogP contribution in [0.15, 0.2) is 33.6 Å². The topological polar surface area (TPSA) is 43.4 Å².